The van der Waals surface area contributed by atoms with E-state index in [0.29, 0.717) is 15.7 Å². The fourth-order valence-corrected chi connectivity index (χ4v) is 3.59. The molecule has 0 aliphatic rings. The lowest BCUT2D eigenvalue weighted by Gasteiger charge is -2.13. The number of carbonyl (C=O) groups is 2. The topological polar surface area (TPSA) is 78.4 Å². The van der Waals surface area contributed by atoms with Gasteiger partial charge in [0.15, 0.2) is 5.11 Å². The third-order valence-electron chi connectivity index (χ3n) is 3.80. The lowest BCUT2D eigenvalue weighted by molar-refractivity contribution is 0.0696. The van der Waals surface area contributed by atoms with Crippen LogP contribution in [0.5, 0.6) is 0 Å². The number of carboxylic acids is 1. The standard InChI is InChI=1S/C19H12Br2N2O3S/c20-14-6-2-3-11-12(14)4-1-5-13(11)17(24)23-19(27)22-16-9-10(18(25)26)7-8-15(16)21/h1-9H,(H,25,26)(H2,22,23,24,27). The van der Waals surface area contributed by atoms with E-state index < -0.39 is 5.97 Å². The first kappa shape index (κ1) is 19.5. The van der Waals surface area contributed by atoms with Crippen LogP contribution in [0.3, 0.4) is 0 Å². The van der Waals surface area contributed by atoms with Crippen molar-refractivity contribution in [1.29, 1.82) is 0 Å². The number of fused-ring (bicyclic) bond motifs is 1. The zero-order valence-corrected chi connectivity index (χ0v) is 17.6. The number of amides is 1. The van der Waals surface area contributed by atoms with Gasteiger partial charge in [0.1, 0.15) is 0 Å². The molecular formula is C19H12Br2N2O3S. The number of hydrogen-bond donors (Lipinski definition) is 3. The molecule has 5 nitrogen and oxygen atoms in total. The van der Waals surface area contributed by atoms with Crippen molar-refractivity contribution in [3.8, 4) is 0 Å². The summed E-state index contributed by atoms with van der Waals surface area (Å²) in [7, 11) is 0. The number of rotatable bonds is 3. The molecule has 3 rings (SSSR count). The van der Waals surface area contributed by atoms with Gasteiger partial charge in [0, 0.05) is 14.5 Å². The minimum atomic E-state index is -1.05. The maximum Gasteiger partial charge on any atom is 0.335 e. The van der Waals surface area contributed by atoms with Crippen molar-refractivity contribution in [1.82, 2.24) is 5.32 Å². The van der Waals surface area contributed by atoms with E-state index in [-0.39, 0.29) is 16.6 Å². The summed E-state index contributed by atoms with van der Waals surface area (Å²) in [4.78, 5) is 23.8. The van der Waals surface area contributed by atoms with Crippen LogP contribution in [0.2, 0.25) is 0 Å². The summed E-state index contributed by atoms with van der Waals surface area (Å²) in [6.45, 7) is 0. The van der Waals surface area contributed by atoms with Crippen LogP contribution < -0.4 is 10.6 Å². The molecule has 0 unspecified atom stereocenters. The zero-order valence-electron chi connectivity index (χ0n) is 13.6. The highest BCUT2D eigenvalue weighted by atomic mass is 79.9. The molecule has 0 aromatic heterocycles. The van der Waals surface area contributed by atoms with Crippen LogP contribution in [0.1, 0.15) is 20.7 Å². The van der Waals surface area contributed by atoms with Crippen molar-refractivity contribution < 1.29 is 14.7 Å². The zero-order chi connectivity index (χ0) is 19.6. The van der Waals surface area contributed by atoms with Gasteiger partial charge >= 0.3 is 5.97 Å². The third-order valence-corrected chi connectivity index (χ3v) is 5.39. The minimum Gasteiger partial charge on any atom is -0.478 e. The average Bonchev–Trinajstić information content (AvgIpc) is 2.63. The summed E-state index contributed by atoms with van der Waals surface area (Å²) in [6, 6.07) is 15.5. The van der Waals surface area contributed by atoms with Gasteiger partial charge in [0.05, 0.1) is 11.3 Å². The van der Waals surface area contributed by atoms with Crippen LogP contribution in [0.25, 0.3) is 10.8 Å². The Morgan fingerprint density at radius 3 is 2.37 bits per heavy atom. The van der Waals surface area contributed by atoms with Gasteiger partial charge in [-0.3, -0.25) is 10.1 Å². The molecule has 0 bridgehead atoms. The molecule has 0 aliphatic heterocycles. The molecule has 0 radical (unpaired) electrons. The SMILES string of the molecule is O=C(O)c1ccc(Br)c(NC(=S)NC(=O)c2cccc3c(Br)cccc23)c1. The lowest BCUT2D eigenvalue weighted by Crippen LogP contribution is -2.34. The van der Waals surface area contributed by atoms with Crippen molar-refractivity contribution in [2.45, 2.75) is 0 Å². The van der Waals surface area contributed by atoms with E-state index in [1.165, 1.54) is 12.1 Å². The molecule has 0 saturated heterocycles. The number of carbonyl (C=O) groups excluding carboxylic acids is 1. The van der Waals surface area contributed by atoms with Crippen molar-refractivity contribution in [3.05, 3.63) is 74.7 Å². The van der Waals surface area contributed by atoms with E-state index in [0.717, 1.165) is 15.2 Å². The Labute approximate surface area is 177 Å². The van der Waals surface area contributed by atoms with E-state index in [1.54, 1.807) is 18.2 Å². The molecule has 27 heavy (non-hydrogen) atoms. The number of halogens is 2. The summed E-state index contributed by atoms with van der Waals surface area (Å²) in [6.07, 6.45) is 0. The van der Waals surface area contributed by atoms with Crippen LogP contribution in [0, 0.1) is 0 Å². The summed E-state index contributed by atoms with van der Waals surface area (Å²) in [5.74, 6) is -1.41. The predicted molar refractivity (Wildman–Crippen MR) is 116 cm³/mol. The Hall–Kier alpha value is -2.29. The van der Waals surface area contributed by atoms with Gasteiger partial charge in [-0.2, -0.15) is 0 Å². The molecule has 0 spiro atoms. The van der Waals surface area contributed by atoms with Gasteiger partial charge in [-0.25, -0.2) is 4.79 Å². The van der Waals surface area contributed by atoms with Gasteiger partial charge in [0.2, 0.25) is 0 Å². The van der Waals surface area contributed by atoms with E-state index in [2.05, 4.69) is 42.5 Å². The summed E-state index contributed by atoms with van der Waals surface area (Å²) in [5, 5.41) is 16.4. The number of benzene rings is 3. The molecule has 0 aliphatic carbocycles. The van der Waals surface area contributed by atoms with Crippen molar-refractivity contribution >= 4 is 77.5 Å². The number of anilines is 1. The number of aromatic carboxylic acids is 1. The van der Waals surface area contributed by atoms with E-state index in [1.807, 2.05) is 24.3 Å². The highest BCUT2D eigenvalue weighted by Crippen LogP contribution is 2.27. The van der Waals surface area contributed by atoms with Crippen molar-refractivity contribution in [3.63, 3.8) is 0 Å². The van der Waals surface area contributed by atoms with Gasteiger partial charge in [0.25, 0.3) is 5.91 Å². The molecule has 3 N–H and O–H groups in total. The number of nitrogens with one attached hydrogen (secondary N) is 2. The van der Waals surface area contributed by atoms with Gasteiger partial charge < -0.3 is 10.4 Å². The first-order chi connectivity index (χ1) is 12.9. The second kappa shape index (κ2) is 8.16. The lowest BCUT2D eigenvalue weighted by atomic mass is 10.0. The molecule has 136 valence electrons. The summed E-state index contributed by atoms with van der Waals surface area (Å²) < 4.78 is 1.52. The molecule has 0 fully saturated rings. The van der Waals surface area contributed by atoms with E-state index >= 15 is 0 Å². The Bertz CT molecular complexity index is 1090. The molecule has 1 amide bonds. The molecule has 3 aromatic carbocycles. The number of carboxylic acid groups (broad SMARTS) is 1. The summed E-state index contributed by atoms with van der Waals surface area (Å²) >= 11 is 12.0. The predicted octanol–water partition coefficient (Wildman–Crippen LogP) is 5.19. The maximum absolute atomic E-state index is 12.7. The van der Waals surface area contributed by atoms with E-state index in [9.17, 15) is 9.59 Å². The largest absolute Gasteiger partial charge is 0.478 e. The van der Waals surface area contributed by atoms with Crippen LogP contribution in [-0.4, -0.2) is 22.1 Å². The molecule has 0 heterocycles. The van der Waals surface area contributed by atoms with Crippen molar-refractivity contribution in [2.24, 2.45) is 0 Å². The normalized spacial score (nSPS) is 10.4. The fraction of sp³-hybridized carbons (Fsp3) is 0. The molecule has 0 atom stereocenters. The highest BCUT2D eigenvalue weighted by molar-refractivity contribution is 9.11. The van der Waals surface area contributed by atoms with Crippen molar-refractivity contribution in [2.75, 3.05) is 5.32 Å². The number of thiocarbonyl (C=S) groups is 1. The summed E-state index contributed by atoms with van der Waals surface area (Å²) in [5.41, 5.74) is 1.03. The third kappa shape index (κ3) is 4.35. The first-order valence-electron chi connectivity index (χ1n) is 7.69. The van der Waals surface area contributed by atoms with Crippen LogP contribution in [-0.2, 0) is 0 Å². The first-order valence-corrected chi connectivity index (χ1v) is 9.68. The maximum atomic E-state index is 12.7. The Morgan fingerprint density at radius 1 is 0.926 bits per heavy atom. The monoisotopic (exact) mass is 506 g/mol. The quantitative estimate of drug-likeness (QED) is 0.425. The van der Waals surface area contributed by atoms with Crippen LogP contribution in [0.4, 0.5) is 5.69 Å². The van der Waals surface area contributed by atoms with Gasteiger partial charge in [-0.1, -0.05) is 40.2 Å². The van der Waals surface area contributed by atoms with Gasteiger partial charge in [-0.05, 0) is 69.3 Å². The Balaban J connectivity index is 1.81. The minimum absolute atomic E-state index is 0.0650. The molecule has 3 aromatic rings. The van der Waals surface area contributed by atoms with Crippen LogP contribution in [0.15, 0.2) is 63.5 Å². The fourth-order valence-electron chi connectivity index (χ4n) is 2.55. The average molecular weight is 508 g/mol. The highest BCUT2D eigenvalue weighted by Gasteiger charge is 2.14. The van der Waals surface area contributed by atoms with Crippen LogP contribution >= 0.6 is 44.1 Å². The Kier molecular flexibility index (Phi) is 5.88. The van der Waals surface area contributed by atoms with Gasteiger partial charge in [-0.15, -0.1) is 0 Å². The molecular weight excluding hydrogens is 496 g/mol. The Morgan fingerprint density at radius 2 is 1.63 bits per heavy atom. The molecule has 8 heteroatoms. The number of hydrogen-bond acceptors (Lipinski definition) is 3. The molecule has 0 saturated carbocycles. The smallest absolute Gasteiger partial charge is 0.335 e. The van der Waals surface area contributed by atoms with E-state index in [4.69, 9.17) is 17.3 Å². The second-order valence-electron chi connectivity index (χ2n) is 5.55. The second-order valence-corrected chi connectivity index (χ2v) is 7.67.